The van der Waals surface area contributed by atoms with Crippen LogP contribution in [0.15, 0.2) is 42.5 Å². The van der Waals surface area contributed by atoms with Crippen molar-refractivity contribution in [2.24, 2.45) is 0 Å². The summed E-state index contributed by atoms with van der Waals surface area (Å²) in [6.45, 7) is 1.61. The predicted octanol–water partition coefficient (Wildman–Crippen LogP) is 3.78. The highest BCUT2D eigenvalue weighted by molar-refractivity contribution is 6.31. The fourth-order valence-corrected chi connectivity index (χ4v) is 2.20. The third-order valence-electron chi connectivity index (χ3n) is 3.19. The van der Waals surface area contributed by atoms with Gasteiger partial charge in [-0.15, -0.1) is 0 Å². The Kier molecular flexibility index (Phi) is 6.08. The topological polar surface area (TPSA) is 95.7 Å². The molecule has 0 fully saturated rings. The van der Waals surface area contributed by atoms with Gasteiger partial charge >= 0.3 is 11.9 Å². The van der Waals surface area contributed by atoms with Gasteiger partial charge in [0.15, 0.2) is 0 Å². The Labute approximate surface area is 148 Å². The van der Waals surface area contributed by atoms with Crippen molar-refractivity contribution in [3.8, 4) is 0 Å². The van der Waals surface area contributed by atoms with Gasteiger partial charge in [0.1, 0.15) is 6.61 Å². The number of nitrogens with zero attached hydrogens (tertiary/aromatic N) is 1. The molecule has 0 saturated carbocycles. The van der Waals surface area contributed by atoms with Crippen molar-refractivity contribution in [2.45, 2.75) is 13.5 Å². The smallest absolute Gasteiger partial charge is 0.338 e. The zero-order chi connectivity index (χ0) is 18.4. The molecule has 0 amide bonds. The summed E-state index contributed by atoms with van der Waals surface area (Å²) in [5.74, 6) is -1.57. The standard InChI is InChI=1S/C17H14ClNO6/c1-2-24-16(20)12-7-13(9-14(8-12)19(22)23)17(21)25-10-11-5-3-4-6-15(11)18/h3-9H,2,10H2,1H3. The number of hydrogen-bond donors (Lipinski definition) is 0. The predicted molar refractivity (Wildman–Crippen MR) is 89.6 cm³/mol. The minimum atomic E-state index is -0.811. The number of esters is 2. The number of ether oxygens (including phenoxy) is 2. The van der Waals surface area contributed by atoms with Gasteiger partial charge in [-0.2, -0.15) is 0 Å². The summed E-state index contributed by atoms with van der Waals surface area (Å²) in [5.41, 5.74) is -0.0335. The first-order chi connectivity index (χ1) is 11.9. The lowest BCUT2D eigenvalue weighted by Gasteiger charge is -2.08. The molecule has 2 aromatic rings. The zero-order valence-electron chi connectivity index (χ0n) is 13.2. The monoisotopic (exact) mass is 363 g/mol. The van der Waals surface area contributed by atoms with Crippen LogP contribution < -0.4 is 0 Å². The van der Waals surface area contributed by atoms with E-state index >= 15 is 0 Å². The summed E-state index contributed by atoms with van der Waals surface area (Å²) in [6, 6.07) is 10.1. The Morgan fingerprint density at radius 3 is 2.24 bits per heavy atom. The molecule has 0 atom stereocenters. The van der Waals surface area contributed by atoms with Gasteiger partial charge in [-0.3, -0.25) is 10.1 Å². The van der Waals surface area contributed by atoms with Crippen LogP contribution in [0.3, 0.4) is 0 Å². The second kappa shape index (κ2) is 8.25. The quantitative estimate of drug-likeness (QED) is 0.440. The minimum absolute atomic E-state index is 0.0965. The van der Waals surface area contributed by atoms with E-state index in [9.17, 15) is 19.7 Å². The van der Waals surface area contributed by atoms with Gasteiger partial charge in [0, 0.05) is 22.7 Å². The maximum Gasteiger partial charge on any atom is 0.338 e. The molecule has 0 heterocycles. The molecule has 0 bridgehead atoms. The van der Waals surface area contributed by atoms with Crippen LogP contribution in [0.4, 0.5) is 5.69 Å². The van der Waals surface area contributed by atoms with Crippen LogP contribution in [0.5, 0.6) is 0 Å². The third-order valence-corrected chi connectivity index (χ3v) is 3.56. The highest BCUT2D eigenvalue weighted by Crippen LogP contribution is 2.21. The lowest BCUT2D eigenvalue weighted by Crippen LogP contribution is -2.10. The lowest BCUT2D eigenvalue weighted by molar-refractivity contribution is -0.384. The number of halogens is 1. The van der Waals surface area contributed by atoms with Gasteiger partial charge in [-0.1, -0.05) is 29.8 Å². The summed E-state index contributed by atoms with van der Waals surface area (Å²) >= 11 is 5.98. The van der Waals surface area contributed by atoms with Crippen molar-refractivity contribution in [1.29, 1.82) is 0 Å². The van der Waals surface area contributed by atoms with Crippen molar-refractivity contribution < 1.29 is 24.0 Å². The first-order valence-corrected chi connectivity index (χ1v) is 7.67. The number of hydrogen-bond acceptors (Lipinski definition) is 6. The number of benzene rings is 2. The molecule has 0 aromatic heterocycles. The molecule has 0 aliphatic heterocycles. The van der Waals surface area contributed by atoms with Gasteiger partial charge in [0.2, 0.25) is 0 Å². The molecule has 0 N–H and O–H groups in total. The van der Waals surface area contributed by atoms with E-state index in [2.05, 4.69) is 0 Å². The Morgan fingerprint density at radius 1 is 1.08 bits per heavy atom. The largest absolute Gasteiger partial charge is 0.462 e. The van der Waals surface area contributed by atoms with Crippen molar-refractivity contribution in [2.75, 3.05) is 6.61 Å². The summed E-state index contributed by atoms with van der Waals surface area (Å²) in [7, 11) is 0. The van der Waals surface area contributed by atoms with E-state index in [1.165, 1.54) is 6.07 Å². The molecule has 0 unspecified atom stereocenters. The minimum Gasteiger partial charge on any atom is -0.462 e. The summed E-state index contributed by atoms with van der Waals surface area (Å²) < 4.78 is 9.94. The average molecular weight is 364 g/mol. The van der Waals surface area contributed by atoms with Gasteiger partial charge in [-0.05, 0) is 19.1 Å². The SMILES string of the molecule is CCOC(=O)c1cc(C(=O)OCc2ccccc2Cl)cc([N+](=O)[O-])c1. The molecular weight excluding hydrogens is 350 g/mol. The van der Waals surface area contributed by atoms with E-state index in [-0.39, 0.29) is 24.3 Å². The molecule has 25 heavy (non-hydrogen) atoms. The maximum atomic E-state index is 12.2. The molecule has 0 radical (unpaired) electrons. The van der Waals surface area contributed by atoms with E-state index < -0.39 is 22.5 Å². The summed E-state index contributed by atoms with van der Waals surface area (Å²) in [5, 5.41) is 11.4. The van der Waals surface area contributed by atoms with Gasteiger partial charge in [0.25, 0.3) is 5.69 Å². The average Bonchev–Trinajstić information content (AvgIpc) is 2.60. The highest BCUT2D eigenvalue weighted by Gasteiger charge is 2.19. The molecule has 0 saturated heterocycles. The molecule has 8 heteroatoms. The molecule has 7 nitrogen and oxygen atoms in total. The first-order valence-electron chi connectivity index (χ1n) is 7.29. The van der Waals surface area contributed by atoms with Crippen LogP contribution in [0.25, 0.3) is 0 Å². The second-order valence-corrected chi connectivity index (χ2v) is 5.32. The fourth-order valence-electron chi connectivity index (χ4n) is 2.01. The van der Waals surface area contributed by atoms with E-state index in [1.54, 1.807) is 31.2 Å². The molecule has 0 aliphatic carbocycles. The van der Waals surface area contributed by atoms with Gasteiger partial charge < -0.3 is 9.47 Å². The van der Waals surface area contributed by atoms with Crippen LogP contribution in [0.1, 0.15) is 33.2 Å². The first kappa shape index (κ1) is 18.4. The number of nitro benzene ring substituents is 1. The summed E-state index contributed by atoms with van der Waals surface area (Å²) in [4.78, 5) is 34.3. The Bertz CT molecular complexity index is 821. The number of carbonyl (C=O) groups excluding carboxylic acids is 2. The van der Waals surface area contributed by atoms with Crippen molar-refractivity contribution in [3.05, 3.63) is 74.3 Å². The Balaban J connectivity index is 2.24. The van der Waals surface area contributed by atoms with Gasteiger partial charge in [-0.25, -0.2) is 9.59 Å². The number of rotatable bonds is 6. The Morgan fingerprint density at radius 2 is 1.68 bits per heavy atom. The molecule has 0 aliphatic rings. The number of nitro groups is 1. The summed E-state index contributed by atoms with van der Waals surface area (Å²) in [6.07, 6.45) is 0. The van der Waals surface area contributed by atoms with Crippen LogP contribution in [0.2, 0.25) is 5.02 Å². The van der Waals surface area contributed by atoms with E-state index in [0.717, 1.165) is 12.1 Å². The normalized spacial score (nSPS) is 10.2. The van der Waals surface area contributed by atoms with Crippen molar-refractivity contribution in [1.82, 2.24) is 0 Å². The molecule has 0 spiro atoms. The Hall–Kier alpha value is -2.93. The number of carbonyl (C=O) groups is 2. The third kappa shape index (κ3) is 4.77. The van der Waals surface area contributed by atoms with E-state index in [1.807, 2.05) is 0 Å². The molecule has 2 aromatic carbocycles. The van der Waals surface area contributed by atoms with Crippen LogP contribution in [0, 0.1) is 10.1 Å². The molecule has 130 valence electrons. The lowest BCUT2D eigenvalue weighted by atomic mass is 10.1. The number of non-ortho nitro benzene ring substituents is 1. The highest BCUT2D eigenvalue weighted by atomic mass is 35.5. The van der Waals surface area contributed by atoms with Crippen molar-refractivity contribution >= 4 is 29.2 Å². The fraction of sp³-hybridized carbons (Fsp3) is 0.176. The van der Waals surface area contributed by atoms with Crippen LogP contribution >= 0.6 is 11.6 Å². The zero-order valence-corrected chi connectivity index (χ0v) is 14.0. The van der Waals surface area contributed by atoms with Crippen LogP contribution in [-0.2, 0) is 16.1 Å². The van der Waals surface area contributed by atoms with Gasteiger partial charge in [0.05, 0.1) is 22.7 Å². The van der Waals surface area contributed by atoms with Crippen LogP contribution in [-0.4, -0.2) is 23.5 Å². The van der Waals surface area contributed by atoms with E-state index in [4.69, 9.17) is 21.1 Å². The molecule has 2 rings (SSSR count). The second-order valence-electron chi connectivity index (χ2n) is 4.91. The van der Waals surface area contributed by atoms with E-state index in [0.29, 0.717) is 10.6 Å². The maximum absolute atomic E-state index is 12.2. The molecular formula is C17H14ClNO6. The van der Waals surface area contributed by atoms with Crippen molar-refractivity contribution in [3.63, 3.8) is 0 Å².